The van der Waals surface area contributed by atoms with Gasteiger partial charge in [-0.15, -0.1) is 0 Å². The standard InChI is InChI=1S/C13H16ClNO4/c1-7(2)12(16)15-11(13(17)18)8-4-5-10(19-3)9(14)6-8/h4-7,11H,1-3H3,(H,15,16)(H,17,18). The van der Waals surface area contributed by atoms with Gasteiger partial charge in [-0.05, 0) is 17.7 Å². The number of nitrogens with one attached hydrogen (secondary N) is 1. The molecule has 0 radical (unpaired) electrons. The third-order valence-corrected chi connectivity index (χ3v) is 2.86. The zero-order chi connectivity index (χ0) is 14.6. The first kappa shape index (κ1) is 15.3. The van der Waals surface area contributed by atoms with E-state index in [1.54, 1.807) is 26.0 Å². The molecule has 1 aromatic rings. The highest BCUT2D eigenvalue weighted by Gasteiger charge is 2.23. The average Bonchev–Trinajstić information content (AvgIpc) is 2.34. The topological polar surface area (TPSA) is 75.6 Å². The second-order valence-corrected chi connectivity index (χ2v) is 4.74. The van der Waals surface area contributed by atoms with Crippen LogP contribution in [0.15, 0.2) is 18.2 Å². The highest BCUT2D eigenvalue weighted by molar-refractivity contribution is 6.32. The van der Waals surface area contributed by atoms with Gasteiger partial charge in [0.1, 0.15) is 5.75 Å². The lowest BCUT2D eigenvalue weighted by molar-refractivity contribution is -0.142. The third-order valence-electron chi connectivity index (χ3n) is 2.57. The predicted molar refractivity (Wildman–Crippen MR) is 71.4 cm³/mol. The lowest BCUT2D eigenvalue weighted by atomic mass is 10.1. The largest absolute Gasteiger partial charge is 0.495 e. The number of amides is 1. The van der Waals surface area contributed by atoms with Crippen LogP contribution >= 0.6 is 11.6 Å². The molecular formula is C13H16ClNO4. The Bertz CT molecular complexity index is 488. The van der Waals surface area contributed by atoms with E-state index in [4.69, 9.17) is 16.3 Å². The van der Waals surface area contributed by atoms with Crippen molar-refractivity contribution in [1.29, 1.82) is 0 Å². The van der Waals surface area contributed by atoms with E-state index in [0.29, 0.717) is 16.3 Å². The Morgan fingerprint density at radius 2 is 2.00 bits per heavy atom. The van der Waals surface area contributed by atoms with E-state index in [-0.39, 0.29) is 11.8 Å². The molecule has 0 spiro atoms. The average molecular weight is 286 g/mol. The molecule has 1 atom stereocenters. The Morgan fingerprint density at radius 1 is 1.37 bits per heavy atom. The van der Waals surface area contributed by atoms with E-state index in [9.17, 15) is 14.7 Å². The van der Waals surface area contributed by atoms with Gasteiger partial charge in [-0.1, -0.05) is 31.5 Å². The molecule has 0 saturated carbocycles. The van der Waals surface area contributed by atoms with Crippen molar-refractivity contribution in [2.24, 2.45) is 5.92 Å². The minimum atomic E-state index is -1.14. The second kappa shape index (κ2) is 6.43. The summed E-state index contributed by atoms with van der Waals surface area (Å²) in [6.07, 6.45) is 0. The predicted octanol–water partition coefficient (Wildman–Crippen LogP) is 2.25. The Kier molecular flexibility index (Phi) is 5.18. The summed E-state index contributed by atoms with van der Waals surface area (Å²) in [7, 11) is 1.47. The quantitative estimate of drug-likeness (QED) is 0.870. The lowest BCUT2D eigenvalue weighted by Gasteiger charge is -2.17. The van der Waals surface area contributed by atoms with Crippen LogP contribution in [-0.2, 0) is 9.59 Å². The van der Waals surface area contributed by atoms with Gasteiger partial charge >= 0.3 is 5.97 Å². The van der Waals surface area contributed by atoms with Gasteiger partial charge in [-0.2, -0.15) is 0 Å². The molecule has 1 rings (SSSR count). The molecule has 0 aliphatic rings. The summed E-state index contributed by atoms with van der Waals surface area (Å²) in [4.78, 5) is 22.8. The van der Waals surface area contributed by atoms with E-state index in [1.807, 2.05) is 0 Å². The zero-order valence-electron chi connectivity index (χ0n) is 10.9. The number of aliphatic carboxylic acids is 1. The maximum Gasteiger partial charge on any atom is 0.330 e. The Hall–Kier alpha value is -1.75. The Balaban J connectivity index is 3.03. The van der Waals surface area contributed by atoms with Crippen molar-refractivity contribution >= 4 is 23.5 Å². The summed E-state index contributed by atoms with van der Waals surface area (Å²) >= 11 is 5.95. The normalized spacial score (nSPS) is 12.1. The molecule has 2 N–H and O–H groups in total. The molecule has 1 unspecified atom stereocenters. The third kappa shape index (κ3) is 3.86. The highest BCUT2D eigenvalue weighted by Crippen LogP contribution is 2.27. The Morgan fingerprint density at radius 3 is 2.42 bits per heavy atom. The maximum atomic E-state index is 11.6. The molecule has 1 amide bonds. The van der Waals surface area contributed by atoms with E-state index in [1.165, 1.54) is 13.2 Å². The number of carbonyl (C=O) groups is 2. The van der Waals surface area contributed by atoms with Gasteiger partial charge in [0.2, 0.25) is 5.91 Å². The van der Waals surface area contributed by atoms with Crippen LogP contribution in [0.4, 0.5) is 0 Å². The lowest BCUT2D eigenvalue weighted by Crippen LogP contribution is -2.36. The van der Waals surface area contributed by atoms with Crippen LogP contribution in [0.1, 0.15) is 25.5 Å². The van der Waals surface area contributed by atoms with E-state index in [2.05, 4.69) is 5.32 Å². The molecule has 19 heavy (non-hydrogen) atoms. The first-order valence-corrected chi connectivity index (χ1v) is 6.11. The smallest absolute Gasteiger partial charge is 0.330 e. The summed E-state index contributed by atoms with van der Waals surface area (Å²) in [6, 6.07) is 3.47. The molecule has 6 heteroatoms. The number of halogens is 1. The maximum absolute atomic E-state index is 11.6. The van der Waals surface area contributed by atoms with Gasteiger partial charge in [0.15, 0.2) is 6.04 Å². The molecule has 0 heterocycles. The second-order valence-electron chi connectivity index (χ2n) is 4.33. The monoisotopic (exact) mass is 285 g/mol. The molecule has 1 aromatic carbocycles. The van der Waals surface area contributed by atoms with Crippen LogP contribution in [0.2, 0.25) is 5.02 Å². The summed E-state index contributed by atoms with van der Waals surface area (Å²) in [5.41, 5.74) is 0.396. The molecule has 5 nitrogen and oxygen atoms in total. The molecule has 0 saturated heterocycles. The summed E-state index contributed by atoms with van der Waals surface area (Å²) in [5, 5.41) is 11.9. The minimum absolute atomic E-state index is 0.296. The summed E-state index contributed by atoms with van der Waals surface area (Å²) in [5.74, 6) is -1.32. The number of benzene rings is 1. The number of methoxy groups -OCH3 is 1. The number of carboxylic acids is 1. The molecular weight excluding hydrogens is 270 g/mol. The number of hydrogen-bond donors (Lipinski definition) is 2. The summed E-state index contributed by atoms with van der Waals surface area (Å²) in [6.45, 7) is 3.38. The molecule has 0 aromatic heterocycles. The number of ether oxygens (including phenoxy) is 1. The van der Waals surface area contributed by atoms with Crippen LogP contribution in [0.25, 0.3) is 0 Å². The van der Waals surface area contributed by atoms with Crippen molar-refractivity contribution in [1.82, 2.24) is 5.32 Å². The minimum Gasteiger partial charge on any atom is -0.495 e. The fourth-order valence-corrected chi connectivity index (χ4v) is 1.72. The molecule has 0 bridgehead atoms. The van der Waals surface area contributed by atoms with E-state index < -0.39 is 12.0 Å². The van der Waals surface area contributed by atoms with Crippen LogP contribution in [0, 0.1) is 5.92 Å². The van der Waals surface area contributed by atoms with E-state index in [0.717, 1.165) is 0 Å². The van der Waals surface area contributed by atoms with Crippen molar-refractivity contribution in [3.05, 3.63) is 28.8 Å². The number of carboxylic acid groups (broad SMARTS) is 1. The first-order chi connectivity index (χ1) is 8.86. The van der Waals surface area contributed by atoms with Gasteiger partial charge in [-0.25, -0.2) is 4.79 Å². The van der Waals surface area contributed by atoms with Crippen molar-refractivity contribution in [2.75, 3.05) is 7.11 Å². The molecule has 0 fully saturated rings. The molecule has 104 valence electrons. The Labute approximate surface area is 116 Å². The van der Waals surface area contributed by atoms with Crippen molar-refractivity contribution in [3.8, 4) is 5.75 Å². The van der Waals surface area contributed by atoms with Gasteiger partial charge in [-0.3, -0.25) is 4.79 Å². The fraction of sp³-hybridized carbons (Fsp3) is 0.385. The van der Waals surface area contributed by atoms with Crippen LogP contribution in [0.5, 0.6) is 5.75 Å². The van der Waals surface area contributed by atoms with Gasteiger partial charge in [0.25, 0.3) is 0 Å². The number of carbonyl (C=O) groups excluding carboxylic acids is 1. The SMILES string of the molecule is COc1ccc(C(NC(=O)C(C)C)C(=O)O)cc1Cl. The first-order valence-electron chi connectivity index (χ1n) is 5.73. The molecule has 0 aliphatic heterocycles. The van der Waals surface area contributed by atoms with Gasteiger partial charge in [0.05, 0.1) is 12.1 Å². The zero-order valence-corrected chi connectivity index (χ0v) is 11.7. The number of hydrogen-bond acceptors (Lipinski definition) is 3. The van der Waals surface area contributed by atoms with Crippen LogP contribution in [0.3, 0.4) is 0 Å². The number of rotatable bonds is 5. The van der Waals surface area contributed by atoms with Gasteiger partial charge < -0.3 is 15.2 Å². The summed E-state index contributed by atoms with van der Waals surface area (Å²) < 4.78 is 4.99. The fourth-order valence-electron chi connectivity index (χ4n) is 1.46. The highest BCUT2D eigenvalue weighted by atomic mass is 35.5. The van der Waals surface area contributed by atoms with Gasteiger partial charge in [0, 0.05) is 5.92 Å². The van der Waals surface area contributed by atoms with Crippen molar-refractivity contribution < 1.29 is 19.4 Å². The van der Waals surface area contributed by atoms with Crippen LogP contribution < -0.4 is 10.1 Å². The van der Waals surface area contributed by atoms with Crippen LogP contribution in [-0.4, -0.2) is 24.1 Å². The van der Waals surface area contributed by atoms with Crippen molar-refractivity contribution in [3.63, 3.8) is 0 Å². The van der Waals surface area contributed by atoms with E-state index >= 15 is 0 Å². The molecule has 0 aliphatic carbocycles. The van der Waals surface area contributed by atoms with Crippen molar-refractivity contribution in [2.45, 2.75) is 19.9 Å².